The zero-order valence-corrected chi connectivity index (χ0v) is 13.2. The standard InChI is InChI=1S/C11H8O2.C8H10N2O/c12-11(13)10-6-5-8-3-1-2-4-9(8)7-10;1-6(10-9)7-3-2-4-8(11)5-7/h1-7H,(H,12,13);2-5,11H,9H2,1H3. The molecule has 0 fully saturated rings. The van der Waals surface area contributed by atoms with Crippen molar-refractivity contribution in [1.29, 1.82) is 0 Å². The van der Waals surface area contributed by atoms with Crippen LogP contribution < -0.4 is 5.84 Å². The predicted molar refractivity (Wildman–Crippen MR) is 95.4 cm³/mol. The van der Waals surface area contributed by atoms with Crippen molar-refractivity contribution in [3.05, 3.63) is 77.9 Å². The molecule has 122 valence electrons. The van der Waals surface area contributed by atoms with E-state index in [4.69, 9.17) is 16.1 Å². The van der Waals surface area contributed by atoms with Crippen molar-refractivity contribution >= 4 is 22.5 Å². The number of phenols is 1. The Balaban J connectivity index is 0.000000177. The molecule has 0 amide bonds. The third-order valence-corrected chi connectivity index (χ3v) is 3.45. The minimum atomic E-state index is -0.884. The van der Waals surface area contributed by atoms with Crippen molar-refractivity contribution in [2.24, 2.45) is 10.9 Å². The average Bonchev–Trinajstić information content (AvgIpc) is 2.61. The molecule has 3 rings (SSSR count). The molecule has 3 aromatic rings. The van der Waals surface area contributed by atoms with Gasteiger partial charge in [0.2, 0.25) is 0 Å². The highest BCUT2D eigenvalue weighted by Crippen LogP contribution is 2.15. The van der Waals surface area contributed by atoms with Gasteiger partial charge in [0.25, 0.3) is 0 Å². The minimum Gasteiger partial charge on any atom is -0.508 e. The second-order valence-electron chi connectivity index (χ2n) is 5.13. The van der Waals surface area contributed by atoms with Gasteiger partial charge in [-0.2, -0.15) is 5.10 Å². The summed E-state index contributed by atoms with van der Waals surface area (Å²) < 4.78 is 0. The number of phenolic OH excluding ortho intramolecular Hbond substituents is 1. The molecular weight excluding hydrogens is 304 g/mol. The van der Waals surface area contributed by atoms with Crippen LogP contribution in [0.5, 0.6) is 5.75 Å². The Kier molecular flexibility index (Phi) is 5.52. The van der Waals surface area contributed by atoms with Crippen molar-refractivity contribution in [3.8, 4) is 5.75 Å². The number of nitrogens with two attached hydrogens (primary N) is 1. The number of rotatable bonds is 2. The molecule has 0 atom stereocenters. The molecule has 5 nitrogen and oxygen atoms in total. The lowest BCUT2D eigenvalue weighted by Gasteiger charge is -1.98. The van der Waals surface area contributed by atoms with E-state index in [1.54, 1.807) is 37.3 Å². The number of hydrogen-bond acceptors (Lipinski definition) is 4. The molecule has 0 bridgehead atoms. The lowest BCUT2D eigenvalue weighted by molar-refractivity contribution is 0.0697. The number of benzene rings is 3. The fourth-order valence-electron chi connectivity index (χ4n) is 2.13. The molecule has 24 heavy (non-hydrogen) atoms. The topological polar surface area (TPSA) is 95.9 Å². The molecule has 4 N–H and O–H groups in total. The number of carboxylic acid groups (broad SMARTS) is 1. The smallest absolute Gasteiger partial charge is 0.335 e. The monoisotopic (exact) mass is 322 g/mol. The summed E-state index contributed by atoms with van der Waals surface area (Å²) in [7, 11) is 0. The molecule has 0 spiro atoms. The quantitative estimate of drug-likeness (QED) is 0.381. The van der Waals surface area contributed by atoms with Crippen LogP contribution in [0.2, 0.25) is 0 Å². The largest absolute Gasteiger partial charge is 0.508 e. The van der Waals surface area contributed by atoms with Crippen LogP contribution in [0.3, 0.4) is 0 Å². The fraction of sp³-hybridized carbons (Fsp3) is 0.0526. The maximum Gasteiger partial charge on any atom is 0.335 e. The Labute approximate surface area is 139 Å². The number of carboxylic acids is 1. The van der Waals surface area contributed by atoms with Crippen molar-refractivity contribution in [1.82, 2.24) is 0 Å². The van der Waals surface area contributed by atoms with Gasteiger partial charge in [0.15, 0.2) is 0 Å². The highest BCUT2D eigenvalue weighted by atomic mass is 16.4. The minimum absolute atomic E-state index is 0.227. The van der Waals surface area contributed by atoms with Crippen molar-refractivity contribution < 1.29 is 15.0 Å². The maximum atomic E-state index is 10.6. The van der Waals surface area contributed by atoms with Gasteiger partial charge in [0, 0.05) is 5.56 Å². The molecule has 0 saturated heterocycles. The van der Waals surface area contributed by atoms with Crippen LogP contribution in [0.25, 0.3) is 10.8 Å². The Bertz CT molecular complexity index is 888. The molecule has 0 aliphatic carbocycles. The lowest BCUT2D eigenvalue weighted by atomic mass is 10.1. The fourth-order valence-corrected chi connectivity index (χ4v) is 2.13. The van der Waals surface area contributed by atoms with E-state index in [9.17, 15) is 4.79 Å². The van der Waals surface area contributed by atoms with Gasteiger partial charge in [0.05, 0.1) is 11.3 Å². The maximum absolute atomic E-state index is 10.6. The summed E-state index contributed by atoms with van der Waals surface area (Å²) >= 11 is 0. The van der Waals surface area contributed by atoms with Gasteiger partial charge in [-0.1, -0.05) is 42.5 Å². The molecule has 0 radical (unpaired) electrons. The highest BCUT2D eigenvalue weighted by Gasteiger charge is 2.02. The first-order chi connectivity index (χ1) is 11.5. The molecule has 0 unspecified atom stereocenters. The number of nitrogens with zero attached hydrogens (tertiary/aromatic N) is 1. The second kappa shape index (κ2) is 7.78. The molecule has 5 heteroatoms. The van der Waals surface area contributed by atoms with Gasteiger partial charge in [-0.05, 0) is 42.0 Å². The number of aromatic carboxylic acids is 1. The van der Waals surface area contributed by atoms with E-state index in [-0.39, 0.29) is 5.75 Å². The van der Waals surface area contributed by atoms with E-state index >= 15 is 0 Å². The molecule has 0 aromatic heterocycles. The summed E-state index contributed by atoms with van der Waals surface area (Å²) in [5.41, 5.74) is 1.88. The predicted octanol–water partition coefficient (Wildman–Crippen LogP) is 3.61. The number of fused-ring (bicyclic) bond motifs is 1. The van der Waals surface area contributed by atoms with E-state index in [1.165, 1.54) is 0 Å². The van der Waals surface area contributed by atoms with Gasteiger partial charge in [0.1, 0.15) is 5.75 Å². The summed E-state index contributed by atoms with van der Waals surface area (Å²) in [6.45, 7) is 1.79. The van der Waals surface area contributed by atoms with Crippen LogP contribution in [0, 0.1) is 0 Å². The highest BCUT2D eigenvalue weighted by molar-refractivity contribution is 5.98. The molecule has 0 aliphatic heterocycles. The third-order valence-electron chi connectivity index (χ3n) is 3.45. The van der Waals surface area contributed by atoms with Crippen LogP contribution in [0.15, 0.2) is 71.8 Å². The van der Waals surface area contributed by atoms with Crippen LogP contribution in [0.1, 0.15) is 22.8 Å². The van der Waals surface area contributed by atoms with Gasteiger partial charge >= 0.3 is 5.97 Å². The van der Waals surface area contributed by atoms with Crippen molar-refractivity contribution in [3.63, 3.8) is 0 Å². The van der Waals surface area contributed by atoms with E-state index in [0.717, 1.165) is 16.3 Å². The summed E-state index contributed by atoms with van der Waals surface area (Å²) in [5.74, 6) is 4.40. The molecule has 0 aliphatic rings. The second-order valence-corrected chi connectivity index (χ2v) is 5.13. The van der Waals surface area contributed by atoms with Crippen LogP contribution in [-0.4, -0.2) is 21.9 Å². The number of hydrazone groups is 1. The Morgan fingerprint density at radius 1 is 0.917 bits per heavy atom. The van der Waals surface area contributed by atoms with Crippen LogP contribution in [-0.2, 0) is 0 Å². The van der Waals surface area contributed by atoms with E-state index < -0.39 is 5.97 Å². The van der Waals surface area contributed by atoms with Crippen LogP contribution >= 0.6 is 0 Å². The van der Waals surface area contributed by atoms with Gasteiger partial charge < -0.3 is 16.1 Å². The normalized spacial score (nSPS) is 10.8. The molecular formula is C19H18N2O3. The SMILES string of the molecule is CC(=NN)c1cccc(O)c1.O=C(O)c1ccc2ccccc2c1. The first kappa shape index (κ1) is 17.0. The van der Waals surface area contributed by atoms with Gasteiger partial charge in [-0.25, -0.2) is 4.79 Å². The van der Waals surface area contributed by atoms with Crippen molar-refractivity contribution in [2.75, 3.05) is 0 Å². The first-order valence-electron chi connectivity index (χ1n) is 7.27. The molecule has 0 saturated carbocycles. The van der Waals surface area contributed by atoms with E-state index in [0.29, 0.717) is 11.3 Å². The van der Waals surface area contributed by atoms with E-state index in [1.807, 2.05) is 36.4 Å². The summed E-state index contributed by atoms with van der Waals surface area (Å²) in [4.78, 5) is 10.6. The number of hydrogen-bond donors (Lipinski definition) is 3. The van der Waals surface area contributed by atoms with Gasteiger partial charge in [-0.3, -0.25) is 0 Å². The van der Waals surface area contributed by atoms with Crippen LogP contribution in [0.4, 0.5) is 0 Å². The third kappa shape index (κ3) is 4.33. The zero-order chi connectivity index (χ0) is 17.5. The Morgan fingerprint density at radius 3 is 2.25 bits per heavy atom. The number of carbonyl (C=O) groups is 1. The Morgan fingerprint density at radius 2 is 1.62 bits per heavy atom. The van der Waals surface area contributed by atoms with Crippen molar-refractivity contribution in [2.45, 2.75) is 6.92 Å². The average molecular weight is 322 g/mol. The first-order valence-corrected chi connectivity index (χ1v) is 7.27. The summed E-state index contributed by atoms with van der Waals surface area (Å²) in [6, 6.07) is 19.6. The zero-order valence-electron chi connectivity index (χ0n) is 13.2. The molecule has 3 aromatic carbocycles. The summed E-state index contributed by atoms with van der Waals surface area (Å²) in [6.07, 6.45) is 0. The lowest BCUT2D eigenvalue weighted by Crippen LogP contribution is -1.97. The molecule has 0 heterocycles. The summed E-state index contributed by atoms with van der Waals surface area (Å²) in [5, 5.41) is 23.3. The van der Waals surface area contributed by atoms with E-state index in [2.05, 4.69) is 5.10 Å². The Hall–Kier alpha value is -3.34. The number of aromatic hydroxyl groups is 1. The van der Waals surface area contributed by atoms with Gasteiger partial charge in [-0.15, -0.1) is 0 Å².